The average molecular weight is 499 g/mol. The summed E-state index contributed by atoms with van der Waals surface area (Å²) in [4.78, 5) is 55.5. The van der Waals surface area contributed by atoms with E-state index in [1.54, 1.807) is 17.0 Å². The maximum absolute atomic E-state index is 13.1. The summed E-state index contributed by atoms with van der Waals surface area (Å²) in [5, 5.41) is 2.64. The first-order chi connectivity index (χ1) is 16.5. The molecule has 5 rings (SSSR count). The molecule has 1 aromatic carbocycles. The van der Waals surface area contributed by atoms with Gasteiger partial charge in [0.2, 0.25) is 5.91 Å². The van der Waals surface area contributed by atoms with Crippen molar-refractivity contribution in [2.75, 3.05) is 31.1 Å². The highest BCUT2D eigenvalue weighted by atomic mass is 16.6. The van der Waals surface area contributed by atoms with Crippen LogP contribution in [-0.2, 0) is 9.53 Å². The molecule has 4 aliphatic heterocycles. The summed E-state index contributed by atoms with van der Waals surface area (Å²) in [6.07, 6.45) is 0.625. The minimum atomic E-state index is -0.813. The molecule has 3 saturated heterocycles. The van der Waals surface area contributed by atoms with Crippen LogP contribution in [0, 0.1) is 5.41 Å². The van der Waals surface area contributed by atoms with E-state index in [1.807, 2.05) is 40.7 Å². The minimum Gasteiger partial charge on any atom is -0.444 e. The predicted molar refractivity (Wildman–Crippen MR) is 138 cm³/mol. The van der Waals surface area contributed by atoms with E-state index in [1.165, 1.54) is 0 Å². The summed E-state index contributed by atoms with van der Waals surface area (Å²) in [6.45, 7) is 16.1. The molecule has 1 N–H and O–H groups in total. The van der Waals surface area contributed by atoms with E-state index < -0.39 is 23.5 Å². The summed E-state index contributed by atoms with van der Waals surface area (Å²) in [6, 6.07) is 4.44. The maximum atomic E-state index is 13.1. The van der Waals surface area contributed by atoms with Gasteiger partial charge in [-0.05, 0) is 51.8 Å². The number of carbonyl (C=O) groups excluding carboxylic acids is 4. The van der Waals surface area contributed by atoms with E-state index in [4.69, 9.17) is 4.74 Å². The molecule has 1 atom stereocenters. The molecule has 0 saturated carbocycles. The summed E-state index contributed by atoms with van der Waals surface area (Å²) < 4.78 is 5.43. The number of amides is 4. The van der Waals surface area contributed by atoms with E-state index in [-0.39, 0.29) is 24.8 Å². The van der Waals surface area contributed by atoms with Crippen LogP contribution >= 0.6 is 0 Å². The second-order valence-corrected chi connectivity index (χ2v) is 10.5. The number of allylic oxidation sites excluding steroid dienone is 1. The van der Waals surface area contributed by atoms with Crippen molar-refractivity contribution in [1.29, 1.82) is 0 Å². The van der Waals surface area contributed by atoms with Gasteiger partial charge in [0.15, 0.2) is 0 Å². The number of imide groups is 1. The molecule has 3 fully saturated rings. The van der Waals surface area contributed by atoms with Crippen molar-refractivity contribution in [3.63, 3.8) is 0 Å². The van der Waals surface area contributed by atoms with Gasteiger partial charge in [0.1, 0.15) is 11.6 Å². The Morgan fingerprint density at radius 3 is 2.25 bits per heavy atom. The highest BCUT2D eigenvalue weighted by molar-refractivity contribution is 6.23. The van der Waals surface area contributed by atoms with Crippen LogP contribution in [0.2, 0.25) is 0 Å². The van der Waals surface area contributed by atoms with Crippen LogP contribution in [0.1, 0.15) is 75.6 Å². The number of carbonyl (C=O) groups is 4. The van der Waals surface area contributed by atoms with E-state index in [0.717, 1.165) is 23.7 Å². The molecule has 0 aromatic heterocycles. The molecule has 1 spiro atoms. The fourth-order valence-corrected chi connectivity index (χ4v) is 5.10. The average Bonchev–Trinajstić information content (AvgIpc) is 2.96. The van der Waals surface area contributed by atoms with Gasteiger partial charge in [0.05, 0.1) is 11.1 Å². The third kappa shape index (κ3) is 4.70. The van der Waals surface area contributed by atoms with Gasteiger partial charge < -0.3 is 19.9 Å². The van der Waals surface area contributed by atoms with Crippen LogP contribution in [0.15, 0.2) is 30.5 Å². The van der Waals surface area contributed by atoms with Crippen molar-refractivity contribution in [1.82, 2.24) is 15.1 Å². The number of nitrogens with zero attached hydrogens (tertiary/aromatic N) is 3. The molecule has 0 aliphatic carbocycles. The number of nitrogens with one attached hydrogen (secondary N) is 1. The molecule has 9 heteroatoms. The van der Waals surface area contributed by atoms with Gasteiger partial charge in [-0.15, -0.1) is 0 Å². The second-order valence-electron chi connectivity index (χ2n) is 10.5. The topological polar surface area (TPSA) is 99.3 Å². The third-order valence-corrected chi connectivity index (χ3v) is 6.66. The Bertz CT molecular complexity index is 1090. The molecule has 9 nitrogen and oxygen atoms in total. The van der Waals surface area contributed by atoms with Crippen LogP contribution in [0.3, 0.4) is 0 Å². The van der Waals surface area contributed by atoms with Crippen LogP contribution < -0.4 is 10.2 Å². The molecule has 1 unspecified atom stereocenters. The van der Waals surface area contributed by atoms with Gasteiger partial charge in [-0.1, -0.05) is 27.9 Å². The number of rotatable bonds is 2. The van der Waals surface area contributed by atoms with Crippen molar-refractivity contribution in [3.05, 3.63) is 41.6 Å². The Hall–Kier alpha value is -3.36. The number of benzene rings is 1. The molecule has 1 aromatic rings. The number of anilines is 1. The standard InChI is InChI=1S/C24H28N4O5.C2H6.CH4/c1-14-5-8-18(19(29)25-14)28-20(30)16-7-6-15(9-17(16)21(28)31)26-10-24(11-26)12-27(13-24)22(32)33-23(2,3)4;1-2;/h6-7,9,18H,1,5,8,10-13H2,2-4H3,(H,25,29);1-2H3;1H4. The molecular formula is C27H38N4O5. The number of fused-ring (bicyclic) bond motifs is 1. The van der Waals surface area contributed by atoms with Crippen molar-refractivity contribution in [2.24, 2.45) is 5.41 Å². The number of piperidine rings is 1. The fourth-order valence-electron chi connectivity index (χ4n) is 5.10. The minimum absolute atomic E-state index is 0. The lowest BCUT2D eigenvalue weighted by Gasteiger charge is -2.60. The molecule has 36 heavy (non-hydrogen) atoms. The van der Waals surface area contributed by atoms with Crippen LogP contribution in [-0.4, -0.2) is 71.4 Å². The van der Waals surface area contributed by atoms with Gasteiger partial charge in [-0.25, -0.2) is 4.79 Å². The summed E-state index contributed by atoms with van der Waals surface area (Å²) in [7, 11) is 0. The zero-order valence-electron chi connectivity index (χ0n) is 21.1. The first-order valence-electron chi connectivity index (χ1n) is 12.2. The van der Waals surface area contributed by atoms with Gasteiger partial charge in [-0.2, -0.15) is 0 Å². The zero-order chi connectivity index (χ0) is 25.7. The van der Waals surface area contributed by atoms with Crippen LogP contribution in [0.4, 0.5) is 10.5 Å². The summed E-state index contributed by atoms with van der Waals surface area (Å²) >= 11 is 0. The predicted octanol–water partition coefficient (Wildman–Crippen LogP) is 3.79. The summed E-state index contributed by atoms with van der Waals surface area (Å²) in [5.74, 6) is -1.23. The lowest BCUT2D eigenvalue weighted by molar-refractivity contribution is -0.125. The Morgan fingerprint density at radius 1 is 1.06 bits per heavy atom. The van der Waals surface area contributed by atoms with Crippen LogP contribution in [0.5, 0.6) is 0 Å². The lowest BCUT2D eigenvalue weighted by atomic mass is 9.72. The first kappa shape index (κ1) is 27.2. The largest absolute Gasteiger partial charge is 0.444 e. The van der Waals surface area contributed by atoms with Gasteiger partial charge in [0, 0.05) is 43.0 Å². The smallest absolute Gasteiger partial charge is 0.410 e. The van der Waals surface area contributed by atoms with Crippen molar-refractivity contribution < 1.29 is 23.9 Å². The zero-order valence-corrected chi connectivity index (χ0v) is 21.1. The highest BCUT2D eigenvalue weighted by Gasteiger charge is 2.54. The van der Waals surface area contributed by atoms with E-state index in [9.17, 15) is 19.2 Å². The van der Waals surface area contributed by atoms with E-state index in [2.05, 4.69) is 16.8 Å². The van der Waals surface area contributed by atoms with E-state index in [0.29, 0.717) is 42.8 Å². The molecule has 4 aliphatic rings. The molecule has 4 heterocycles. The molecule has 0 bridgehead atoms. The normalized spacial score (nSPS) is 22.0. The van der Waals surface area contributed by atoms with E-state index >= 15 is 0 Å². The lowest BCUT2D eigenvalue weighted by Crippen LogP contribution is -2.73. The van der Waals surface area contributed by atoms with Crippen molar-refractivity contribution >= 4 is 29.5 Å². The monoisotopic (exact) mass is 498 g/mol. The van der Waals surface area contributed by atoms with Gasteiger partial charge in [0.25, 0.3) is 11.8 Å². The summed E-state index contributed by atoms with van der Waals surface area (Å²) in [5.41, 5.74) is 1.66. The number of ether oxygens (including phenoxy) is 1. The fraction of sp³-hybridized carbons (Fsp3) is 0.556. The first-order valence-corrected chi connectivity index (χ1v) is 12.2. The molecule has 0 radical (unpaired) electrons. The second kappa shape index (κ2) is 9.59. The molecule has 196 valence electrons. The van der Waals surface area contributed by atoms with Crippen LogP contribution in [0.25, 0.3) is 0 Å². The Morgan fingerprint density at radius 2 is 1.67 bits per heavy atom. The number of likely N-dealkylation sites (tertiary alicyclic amines) is 1. The quantitative estimate of drug-likeness (QED) is 0.623. The Kier molecular flexibility index (Phi) is 7.26. The highest BCUT2D eigenvalue weighted by Crippen LogP contribution is 2.43. The van der Waals surface area contributed by atoms with Crippen molar-refractivity contribution in [2.45, 2.75) is 66.5 Å². The third-order valence-electron chi connectivity index (χ3n) is 6.66. The van der Waals surface area contributed by atoms with Gasteiger partial charge in [-0.3, -0.25) is 19.3 Å². The SMILES string of the molecule is C.C=C1CCC(N2C(=O)c3ccc(N4CC5(CN(C(=O)OC(C)(C)C)C5)C4)cc3C2=O)C(=O)N1.CC. The number of hydrogen-bond acceptors (Lipinski definition) is 6. The Balaban J connectivity index is 0.00000117. The molecule has 4 amide bonds. The maximum Gasteiger partial charge on any atom is 0.410 e. The van der Waals surface area contributed by atoms with Gasteiger partial charge >= 0.3 is 6.09 Å². The van der Waals surface area contributed by atoms with Crippen molar-refractivity contribution in [3.8, 4) is 0 Å². The molecular weight excluding hydrogens is 460 g/mol. The number of hydrogen-bond donors (Lipinski definition) is 1. The Labute approximate surface area is 213 Å².